The molecule has 0 spiro atoms. The lowest BCUT2D eigenvalue weighted by Crippen LogP contribution is -2.33. The number of H-pyrrole nitrogens is 2. The van der Waals surface area contributed by atoms with Crippen LogP contribution in [0, 0.1) is 24.7 Å². The fraction of sp³-hybridized carbons (Fsp3) is 0.548. The Labute approximate surface area is 449 Å². The van der Waals surface area contributed by atoms with Gasteiger partial charge in [-0.1, -0.05) is 12.2 Å². The molecular weight excluding hydrogens is 1150 g/mol. The van der Waals surface area contributed by atoms with E-state index in [-0.39, 0.29) is 59.1 Å². The summed E-state index contributed by atoms with van der Waals surface area (Å²) in [6.45, 7) is -1.86. The molecule has 3 aliphatic heterocycles. The van der Waals surface area contributed by atoms with Crippen LogP contribution in [0.3, 0.4) is 0 Å². The van der Waals surface area contributed by atoms with Crippen LogP contribution in [0.1, 0.15) is 62.1 Å². The summed E-state index contributed by atoms with van der Waals surface area (Å²) in [5.41, 5.74) is 8.02. The molecule has 10 N–H and O–H groups in total. The average molecular weight is 1210 g/mol. The van der Waals surface area contributed by atoms with E-state index in [0.717, 1.165) is 28.3 Å². The summed E-state index contributed by atoms with van der Waals surface area (Å²) in [4.78, 5) is 111. The van der Waals surface area contributed by atoms with E-state index < -0.39 is 148 Å². The topological polar surface area (TPSA) is 469 Å². The van der Waals surface area contributed by atoms with E-state index in [1.807, 2.05) is 6.08 Å². The summed E-state index contributed by atoms with van der Waals surface area (Å²) in [7, 11) is -20.5. The summed E-state index contributed by atoms with van der Waals surface area (Å²) >= 11 is 0. The van der Waals surface area contributed by atoms with Crippen molar-refractivity contribution in [3.63, 3.8) is 0 Å². The van der Waals surface area contributed by atoms with Crippen LogP contribution >= 0.6 is 31.3 Å². The Morgan fingerprint density at radius 2 is 1.25 bits per heavy atom. The van der Waals surface area contributed by atoms with Gasteiger partial charge in [-0.15, -0.1) is 0 Å². The first-order chi connectivity index (χ1) is 37.8. The number of hydrogen-bond donors (Lipinski definition) is 8. The van der Waals surface area contributed by atoms with E-state index in [2.05, 4.69) is 31.0 Å². The fourth-order valence-corrected chi connectivity index (χ4v) is 13.6. The van der Waals surface area contributed by atoms with Gasteiger partial charge in [0.2, 0.25) is 5.95 Å². The molecule has 4 fully saturated rings. The first-order valence-corrected chi connectivity index (χ1v) is 30.5. The molecular formula is C42H54N10O24P4. The van der Waals surface area contributed by atoms with Crippen molar-refractivity contribution in [2.45, 2.75) is 101 Å². The predicted octanol–water partition coefficient (Wildman–Crippen LogP) is 1.91. The van der Waals surface area contributed by atoms with Crippen LogP contribution in [0.15, 0.2) is 78.9 Å². The molecule has 38 heteroatoms. The smallest absolute Gasteiger partial charge is 0.467 e. The number of hydrogen-bond acceptors (Lipinski definition) is 25. The number of fused-ring (bicyclic) bond motifs is 3. The maximum absolute atomic E-state index is 13.9. The number of nitrogens with one attached hydrogen (secondary N) is 2. The lowest BCUT2D eigenvalue weighted by Gasteiger charge is -2.25. The lowest BCUT2D eigenvalue weighted by molar-refractivity contribution is -0.0611. The van der Waals surface area contributed by atoms with Gasteiger partial charge in [0.05, 0.1) is 39.0 Å². The molecule has 5 aliphatic rings. The molecule has 10 rings (SSSR count). The highest BCUT2D eigenvalue weighted by Gasteiger charge is 2.49. The van der Waals surface area contributed by atoms with Gasteiger partial charge in [0, 0.05) is 37.2 Å². The zero-order valence-electron chi connectivity index (χ0n) is 41.8. The Bertz CT molecular complexity index is 3550. The van der Waals surface area contributed by atoms with Crippen molar-refractivity contribution in [2.75, 3.05) is 37.9 Å². The van der Waals surface area contributed by atoms with Crippen molar-refractivity contribution < 1.29 is 92.7 Å². The number of phosphoric acid groups is 4. The van der Waals surface area contributed by atoms with Crippen LogP contribution in [0.5, 0.6) is 0 Å². The van der Waals surface area contributed by atoms with Crippen molar-refractivity contribution >= 4 is 54.2 Å². The van der Waals surface area contributed by atoms with Crippen molar-refractivity contribution in [3.05, 3.63) is 108 Å². The molecule has 3 saturated heterocycles. The van der Waals surface area contributed by atoms with Gasteiger partial charge < -0.3 is 49.7 Å². The van der Waals surface area contributed by atoms with Gasteiger partial charge in [-0.3, -0.25) is 69.4 Å². The molecule has 2 aliphatic carbocycles. The van der Waals surface area contributed by atoms with E-state index in [9.17, 15) is 57.0 Å². The molecule has 0 aromatic carbocycles. The standard InChI is InChI=1S/C42H54N10O24P4/c1-21-14-51(42(56)49-38(21)53)34-12-27(29(72-34)17-68-77(57,58)66-15-24-10-22-4-5-23(24)9-22)75-79(61,62)70-19-31-28(13-35(73-31)52-20-45-36-37(52)47-40(44)48-39(36)54)76-80(63,64)69-18-30-26(74-78(59,60)67-16-25-3-2-8-65-25)11-33(71-30)50-7-6-32(43)46-41(50)55/h2-8,14,20,22-24,26-31,33-35H,9-13,15-19H2,1H3,(H,57,58)(H,59,60)(H,61,62)(H,63,64)(H2,43,46,55)(H,49,53,56)(H3,44,47,48,54)/t22?,23?,24?,26?,27?,28?,29-,30-,31-,33-,34-,35-/m1/s1. The van der Waals surface area contributed by atoms with E-state index in [1.165, 1.54) is 48.3 Å². The number of aromatic nitrogens is 8. The van der Waals surface area contributed by atoms with Crippen LogP contribution in [0.25, 0.3) is 11.2 Å². The lowest BCUT2D eigenvalue weighted by atomic mass is 9.95. The second-order valence-electron chi connectivity index (χ2n) is 19.3. The van der Waals surface area contributed by atoms with Crippen molar-refractivity contribution in [2.24, 2.45) is 17.8 Å². The Morgan fingerprint density at radius 3 is 1.81 bits per heavy atom. The molecule has 80 heavy (non-hydrogen) atoms. The number of anilines is 2. The normalized spacial score (nSPS) is 30.4. The summed E-state index contributed by atoms with van der Waals surface area (Å²) in [6, 6.07) is 4.25. The summed E-state index contributed by atoms with van der Waals surface area (Å²) < 4.78 is 124. The third-order valence-electron chi connectivity index (χ3n) is 13.8. The van der Waals surface area contributed by atoms with Crippen molar-refractivity contribution in [1.29, 1.82) is 0 Å². The minimum absolute atomic E-state index is 0.0259. The Balaban J connectivity index is 0.846. The Hall–Kier alpha value is -5.15. The number of ether oxygens (including phenoxy) is 3. The van der Waals surface area contributed by atoms with Crippen molar-refractivity contribution in [1.82, 2.24) is 38.6 Å². The second-order valence-corrected chi connectivity index (χ2v) is 24.9. The van der Waals surface area contributed by atoms with Gasteiger partial charge in [0.15, 0.2) is 11.2 Å². The van der Waals surface area contributed by atoms with Crippen LogP contribution in [-0.2, 0) is 75.3 Å². The maximum Gasteiger partial charge on any atom is 0.472 e. The van der Waals surface area contributed by atoms with E-state index in [1.54, 1.807) is 0 Å². The SMILES string of the molecule is Cc1cn([C@H]2CC(OP(=O)(O)OC[C@H]3O[C@@H](n4cnc5c(=O)[nH]c(N)nc54)CC3OP(=O)(O)OC[C@H]3O[C@@H](n4ccc(N)nc4=O)CC3OP(=O)(O)OCc3ccco3)[C@@H](COP(=O)(O)OCC3CC4C=CC3C4)O2)c(=O)[nH]c1=O. The van der Waals surface area contributed by atoms with Gasteiger partial charge in [-0.05, 0) is 55.7 Å². The monoisotopic (exact) mass is 1210 g/mol. The van der Waals surface area contributed by atoms with Gasteiger partial charge in [0.25, 0.3) is 11.1 Å². The molecule has 0 amide bonds. The molecule has 2 bridgehead atoms. The Morgan fingerprint density at radius 1 is 0.675 bits per heavy atom. The zero-order chi connectivity index (χ0) is 56.9. The minimum Gasteiger partial charge on any atom is -0.467 e. The van der Waals surface area contributed by atoms with Gasteiger partial charge in [0.1, 0.15) is 73.5 Å². The Kier molecular flexibility index (Phi) is 16.9. The van der Waals surface area contributed by atoms with E-state index in [0.29, 0.717) is 5.92 Å². The van der Waals surface area contributed by atoms with Gasteiger partial charge in [-0.2, -0.15) is 9.97 Å². The number of phosphoric ester groups is 4. The summed E-state index contributed by atoms with van der Waals surface area (Å²) in [6.07, 6.45) is -3.57. The molecule has 8 heterocycles. The number of imidazole rings is 1. The number of furan rings is 1. The molecule has 436 valence electrons. The number of allylic oxidation sites excluding steroid dienone is 2. The third kappa shape index (κ3) is 13.7. The fourth-order valence-electron chi connectivity index (χ4n) is 9.96. The average Bonchev–Trinajstić information content (AvgIpc) is 4.27. The molecule has 5 aromatic rings. The molecule has 10 unspecified atom stereocenters. The van der Waals surface area contributed by atoms with Crippen LogP contribution in [0.2, 0.25) is 0 Å². The largest absolute Gasteiger partial charge is 0.472 e. The van der Waals surface area contributed by atoms with E-state index >= 15 is 0 Å². The number of rotatable bonds is 24. The summed E-state index contributed by atoms with van der Waals surface area (Å²) in [5.74, 6) is 0.223. The number of nitrogens with zero attached hydrogens (tertiary/aromatic N) is 6. The molecule has 16 atom stereocenters. The van der Waals surface area contributed by atoms with Crippen LogP contribution in [0.4, 0.5) is 11.8 Å². The first-order valence-electron chi connectivity index (χ1n) is 24.5. The second kappa shape index (κ2) is 23.2. The van der Waals surface area contributed by atoms with Gasteiger partial charge in [-0.25, -0.2) is 32.8 Å². The molecule has 5 aromatic heterocycles. The first kappa shape index (κ1) is 58.1. The predicted molar refractivity (Wildman–Crippen MR) is 267 cm³/mol. The summed E-state index contributed by atoms with van der Waals surface area (Å²) in [5, 5.41) is 0. The highest BCUT2D eigenvalue weighted by atomic mass is 31.2. The number of nitrogen functional groups attached to an aromatic ring is 2. The highest BCUT2D eigenvalue weighted by molar-refractivity contribution is 7.48. The van der Waals surface area contributed by atoms with Crippen LogP contribution < -0.4 is 34.0 Å². The number of aryl methyl sites for hydroxylation is 1. The maximum atomic E-state index is 13.9. The number of nitrogens with two attached hydrogens (primary N) is 2. The number of aromatic amines is 2. The van der Waals surface area contributed by atoms with Crippen molar-refractivity contribution in [3.8, 4) is 0 Å². The van der Waals surface area contributed by atoms with Gasteiger partial charge >= 0.3 is 42.7 Å². The minimum atomic E-state index is -5.37. The zero-order valence-corrected chi connectivity index (χ0v) is 45.4. The van der Waals surface area contributed by atoms with E-state index in [4.69, 9.17) is 66.3 Å². The quantitative estimate of drug-likeness (QED) is 0.0323. The molecule has 34 nitrogen and oxygen atoms in total. The third-order valence-corrected chi connectivity index (χ3v) is 17.7. The molecule has 1 saturated carbocycles. The van der Waals surface area contributed by atoms with Crippen LogP contribution in [-0.4, -0.2) is 121 Å². The molecule has 0 radical (unpaired) electrons. The highest BCUT2D eigenvalue weighted by Crippen LogP contribution is 2.55.